The highest BCUT2D eigenvalue weighted by Crippen LogP contribution is 2.44. The second kappa shape index (κ2) is 10.9. The van der Waals surface area contributed by atoms with Gasteiger partial charge in [-0.05, 0) is 36.1 Å². The van der Waals surface area contributed by atoms with Gasteiger partial charge < -0.3 is 18.7 Å². The minimum absolute atomic E-state index is 0.113. The van der Waals surface area contributed by atoms with Gasteiger partial charge in [0, 0.05) is 24.7 Å². The van der Waals surface area contributed by atoms with Crippen LogP contribution in [0.15, 0.2) is 59.1 Å². The van der Waals surface area contributed by atoms with Crippen molar-refractivity contribution in [3.05, 3.63) is 87.6 Å². The molecule has 0 spiro atoms. The Balaban J connectivity index is 1.18. The lowest BCUT2D eigenvalue weighted by Gasteiger charge is -2.52. The summed E-state index contributed by atoms with van der Waals surface area (Å²) in [5.74, 6) is 2.01. The Morgan fingerprint density at radius 2 is 1.74 bits per heavy atom. The van der Waals surface area contributed by atoms with E-state index in [2.05, 4.69) is 0 Å². The largest absolute Gasteiger partial charge is 0.436 e. The highest BCUT2D eigenvalue weighted by molar-refractivity contribution is 6.42. The van der Waals surface area contributed by atoms with Crippen molar-refractivity contribution in [3.8, 4) is 0 Å². The molecule has 3 aliphatic heterocycles. The molecule has 1 N–H and O–H groups in total. The molecule has 5 nitrogen and oxygen atoms in total. The summed E-state index contributed by atoms with van der Waals surface area (Å²) in [6.07, 6.45) is 9.85. The fourth-order valence-corrected chi connectivity index (χ4v) is 7.42. The zero-order valence-corrected chi connectivity index (χ0v) is 23.3. The Morgan fingerprint density at radius 3 is 2.47 bits per heavy atom. The first kappa shape index (κ1) is 26.3. The molecular weight excluding hydrogens is 519 g/mol. The third kappa shape index (κ3) is 5.16. The zero-order chi connectivity index (χ0) is 26.2. The molecule has 1 saturated carbocycles. The molecule has 2 bridgehead atoms. The van der Waals surface area contributed by atoms with Gasteiger partial charge in [0.1, 0.15) is 19.2 Å². The fourth-order valence-electron chi connectivity index (χ4n) is 7.10. The monoisotopic (exact) mass is 555 g/mol. The van der Waals surface area contributed by atoms with Crippen LogP contribution in [0.1, 0.15) is 67.7 Å². The predicted octanol–water partition coefficient (Wildman–Crippen LogP) is 7.12. The molecule has 2 aromatic carbocycles. The molecule has 7 heteroatoms. The van der Waals surface area contributed by atoms with Crippen molar-refractivity contribution in [1.82, 2.24) is 4.98 Å². The summed E-state index contributed by atoms with van der Waals surface area (Å²) in [6.45, 7) is 4.53. The second-order valence-corrected chi connectivity index (χ2v) is 12.5. The van der Waals surface area contributed by atoms with Gasteiger partial charge in [0.25, 0.3) is 0 Å². The molecule has 2 atom stereocenters. The Kier molecular flexibility index (Phi) is 7.58. The number of rotatable bonds is 8. The van der Waals surface area contributed by atoms with Gasteiger partial charge in [0.15, 0.2) is 11.4 Å². The molecule has 4 aliphatic rings. The molecule has 0 amide bonds. The molecular formula is C31H37Cl2N2O3+. The lowest BCUT2D eigenvalue weighted by molar-refractivity contribution is -0.959. The molecule has 4 heterocycles. The van der Waals surface area contributed by atoms with Gasteiger partial charge >= 0.3 is 0 Å². The zero-order valence-electron chi connectivity index (χ0n) is 21.8. The first-order valence-electron chi connectivity index (χ1n) is 14.1. The van der Waals surface area contributed by atoms with Crippen LogP contribution in [0.2, 0.25) is 10.0 Å². The number of quaternary nitrogens is 1. The molecule has 1 unspecified atom stereocenters. The smallest absolute Gasteiger partial charge is 0.231 e. The molecule has 38 heavy (non-hydrogen) atoms. The van der Waals surface area contributed by atoms with E-state index in [-0.39, 0.29) is 12.0 Å². The predicted molar refractivity (Wildman–Crippen MR) is 149 cm³/mol. The van der Waals surface area contributed by atoms with Crippen molar-refractivity contribution in [1.29, 1.82) is 0 Å². The quantitative estimate of drug-likeness (QED) is 0.300. The summed E-state index contributed by atoms with van der Waals surface area (Å²) in [7, 11) is 0. The van der Waals surface area contributed by atoms with E-state index in [9.17, 15) is 5.11 Å². The van der Waals surface area contributed by atoms with Gasteiger partial charge in [-0.3, -0.25) is 0 Å². The minimum Gasteiger partial charge on any atom is -0.436 e. The maximum absolute atomic E-state index is 12.2. The number of halogens is 2. The van der Waals surface area contributed by atoms with Crippen LogP contribution in [-0.2, 0) is 23.5 Å². The highest BCUT2D eigenvalue weighted by atomic mass is 35.5. The van der Waals surface area contributed by atoms with Crippen molar-refractivity contribution in [2.45, 2.75) is 69.8 Å². The first-order valence-corrected chi connectivity index (χ1v) is 14.8. The summed E-state index contributed by atoms with van der Waals surface area (Å²) in [5, 5.41) is 13.3. The van der Waals surface area contributed by atoms with E-state index in [1.54, 1.807) is 0 Å². The van der Waals surface area contributed by atoms with Crippen LogP contribution >= 0.6 is 23.2 Å². The number of oxazole rings is 1. The Hall–Kier alpha value is -1.89. The third-order valence-electron chi connectivity index (χ3n) is 9.27. The lowest BCUT2D eigenvalue weighted by atomic mass is 9.73. The number of hydrogen-bond donors (Lipinski definition) is 1. The average Bonchev–Trinajstić information content (AvgIpc) is 3.43. The molecule has 4 fully saturated rings. The van der Waals surface area contributed by atoms with E-state index in [0.29, 0.717) is 28.5 Å². The molecule has 0 radical (unpaired) electrons. The van der Waals surface area contributed by atoms with Crippen LogP contribution < -0.4 is 0 Å². The van der Waals surface area contributed by atoms with Crippen molar-refractivity contribution in [3.63, 3.8) is 0 Å². The van der Waals surface area contributed by atoms with Crippen LogP contribution in [-0.4, -0.2) is 40.3 Å². The van der Waals surface area contributed by atoms with E-state index in [4.69, 9.17) is 37.3 Å². The van der Waals surface area contributed by atoms with Gasteiger partial charge in [-0.15, -0.1) is 0 Å². The van der Waals surface area contributed by atoms with Crippen LogP contribution in [0.3, 0.4) is 0 Å². The number of ether oxygens (including phenoxy) is 1. The van der Waals surface area contributed by atoms with Gasteiger partial charge in [0.05, 0.1) is 35.9 Å². The topological polar surface area (TPSA) is 55.5 Å². The number of hydrogen-bond acceptors (Lipinski definition) is 4. The number of piperidine rings is 3. The molecule has 1 aromatic heterocycles. The summed E-state index contributed by atoms with van der Waals surface area (Å²) < 4.78 is 13.8. The fraction of sp³-hybridized carbons (Fsp3) is 0.516. The number of aromatic nitrogens is 1. The second-order valence-electron chi connectivity index (χ2n) is 11.7. The lowest BCUT2D eigenvalue weighted by Crippen LogP contribution is -2.63. The maximum Gasteiger partial charge on any atom is 0.231 e. The van der Waals surface area contributed by atoms with Crippen molar-refractivity contribution in [2.75, 3.05) is 19.6 Å². The van der Waals surface area contributed by atoms with E-state index in [1.165, 1.54) is 6.42 Å². The number of fused-ring (bicyclic) bond motifs is 3. The Labute approximate surface area is 235 Å². The van der Waals surface area contributed by atoms with Crippen molar-refractivity contribution in [2.24, 2.45) is 11.8 Å². The molecule has 7 rings (SSSR count). The van der Waals surface area contributed by atoms with Crippen LogP contribution in [0.25, 0.3) is 0 Å². The third-order valence-corrected chi connectivity index (χ3v) is 10.0. The molecule has 3 aromatic rings. The molecule has 202 valence electrons. The highest BCUT2D eigenvalue weighted by Gasteiger charge is 2.48. The van der Waals surface area contributed by atoms with Gasteiger partial charge in [-0.1, -0.05) is 78.9 Å². The van der Waals surface area contributed by atoms with Crippen LogP contribution in [0.4, 0.5) is 0 Å². The first-order chi connectivity index (χ1) is 18.5. The standard InChI is InChI=1S/C31H37Cl2N2O3/c32-27-12-11-22(17-28(27)33)21-37-29-20-35(15-13-23(29)14-16-35)19-26-18-34-30(38-26)31(36,24-7-3-1-4-8-24)25-9-5-2-6-10-25/h1,3-4,7-8,11-12,17-18,23,25,29,36H,2,5-6,9-10,13-16,19-21H2/q+1/t23?,29?,31-,35?/m0/s1. The van der Waals surface area contributed by atoms with Gasteiger partial charge in [-0.2, -0.15) is 0 Å². The maximum atomic E-state index is 12.2. The van der Waals surface area contributed by atoms with E-state index >= 15 is 0 Å². The van der Waals surface area contributed by atoms with Crippen LogP contribution in [0, 0.1) is 11.8 Å². The normalized spacial score (nSPS) is 27.3. The SMILES string of the molecule is O[C@](c1ccccc1)(c1ncc(C[N+]23CCC(CC2)C(OCc2ccc(Cl)c(Cl)c2)C3)o1)C1CCCCC1. The molecule has 3 saturated heterocycles. The van der Waals surface area contributed by atoms with E-state index in [0.717, 1.165) is 86.1 Å². The summed E-state index contributed by atoms with van der Waals surface area (Å²) in [5.41, 5.74) is 0.729. The van der Waals surface area contributed by atoms with Crippen molar-refractivity contribution < 1.29 is 18.7 Å². The summed E-state index contributed by atoms with van der Waals surface area (Å²) >= 11 is 12.3. The Morgan fingerprint density at radius 1 is 0.974 bits per heavy atom. The van der Waals surface area contributed by atoms with E-state index in [1.807, 2.05) is 54.7 Å². The van der Waals surface area contributed by atoms with E-state index < -0.39 is 5.60 Å². The van der Waals surface area contributed by atoms with Gasteiger partial charge in [-0.25, -0.2) is 4.98 Å². The van der Waals surface area contributed by atoms with Crippen LogP contribution in [0.5, 0.6) is 0 Å². The summed E-state index contributed by atoms with van der Waals surface area (Å²) in [6, 6.07) is 15.7. The minimum atomic E-state index is -1.19. The number of aliphatic hydroxyl groups is 1. The average molecular weight is 557 g/mol. The van der Waals surface area contributed by atoms with Gasteiger partial charge in [0.2, 0.25) is 5.89 Å². The Bertz CT molecular complexity index is 1230. The number of nitrogens with zero attached hydrogens (tertiary/aromatic N) is 2. The summed E-state index contributed by atoms with van der Waals surface area (Å²) in [4.78, 5) is 4.71. The number of benzene rings is 2. The molecule has 1 aliphatic carbocycles. The van der Waals surface area contributed by atoms with Crippen molar-refractivity contribution >= 4 is 23.2 Å².